The number of hydrogen-bond donors (Lipinski definition) is 4. The molecule has 17 heavy (non-hydrogen) atoms. The minimum Gasteiger partial charge on any atom is -0.385 e. The number of hydrogen-bond acceptors (Lipinski definition) is 4. The highest BCUT2D eigenvalue weighted by Crippen LogP contribution is 2.24. The minimum absolute atomic E-state index is 0.0974. The molecule has 1 aromatic rings. The van der Waals surface area contributed by atoms with Crippen LogP contribution in [-0.4, -0.2) is 45.8 Å². The number of nitrogens with one attached hydrogen (secondary N) is 3. The van der Waals surface area contributed by atoms with Crippen LogP contribution in [0.3, 0.4) is 0 Å². The van der Waals surface area contributed by atoms with E-state index in [1.807, 2.05) is 0 Å². The Kier molecular flexibility index (Phi) is 3.03. The van der Waals surface area contributed by atoms with Gasteiger partial charge in [-0.1, -0.05) is 0 Å². The molecular weight excluding hydrogens is 226 g/mol. The van der Waals surface area contributed by atoms with Crippen LogP contribution in [0.25, 0.3) is 0 Å². The molecule has 2 heterocycles. The fourth-order valence-electron chi connectivity index (χ4n) is 1.79. The van der Waals surface area contributed by atoms with E-state index in [0.717, 1.165) is 0 Å². The largest absolute Gasteiger partial charge is 0.385 e. The number of carbonyl (C=O) groups excluding carboxylic acids is 1. The summed E-state index contributed by atoms with van der Waals surface area (Å²) in [6.45, 7) is 2.34. The molecule has 2 unspecified atom stereocenters. The topological polar surface area (TPSA) is 107 Å². The van der Waals surface area contributed by atoms with Gasteiger partial charge in [0.2, 0.25) is 0 Å². The van der Waals surface area contributed by atoms with Crippen LogP contribution in [0.2, 0.25) is 0 Å². The number of aromatic nitrogens is 2. The van der Waals surface area contributed by atoms with Crippen LogP contribution in [0.15, 0.2) is 11.0 Å². The third-order valence-electron chi connectivity index (χ3n) is 3.06. The molecule has 94 valence electrons. The molecule has 0 saturated carbocycles. The van der Waals surface area contributed by atoms with E-state index in [9.17, 15) is 14.7 Å². The van der Waals surface area contributed by atoms with Crippen molar-refractivity contribution in [1.29, 1.82) is 0 Å². The summed E-state index contributed by atoms with van der Waals surface area (Å²) in [5, 5.41) is 12.7. The van der Waals surface area contributed by atoms with Crippen LogP contribution in [0.1, 0.15) is 23.8 Å². The van der Waals surface area contributed by atoms with Crippen LogP contribution in [-0.2, 0) is 4.74 Å². The van der Waals surface area contributed by atoms with Crippen molar-refractivity contribution < 1.29 is 14.6 Å². The normalized spacial score (nSPS) is 28.2. The average molecular weight is 241 g/mol. The number of carbonyl (C=O) groups is 1. The average Bonchev–Trinajstić information content (AvgIpc) is 2.84. The standard InChI is InChI=1S/C10H15N3O4/c1-6-10(16,2-3-17-6)5-12-8(14)7-4-11-9(15)13-7/h4,6,16H,2-3,5H2,1H3,(H,12,14)(H2,11,13,15). The van der Waals surface area contributed by atoms with E-state index in [0.29, 0.717) is 13.0 Å². The van der Waals surface area contributed by atoms with Gasteiger partial charge in [-0.05, 0) is 6.92 Å². The first-order chi connectivity index (χ1) is 8.01. The summed E-state index contributed by atoms with van der Waals surface area (Å²) >= 11 is 0. The van der Waals surface area contributed by atoms with E-state index >= 15 is 0 Å². The molecule has 0 radical (unpaired) electrons. The van der Waals surface area contributed by atoms with Gasteiger partial charge in [-0.15, -0.1) is 0 Å². The molecule has 1 fully saturated rings. The number of ether oxygens (including phenoxy) is 1. The molecule has 0 aromatic carbocycles. The Morgan fingerprint density at radius 2 is 2.53 bits per heavy atom. The summed E-state index contributed by atoms with van der Waals surface area (Å²) < 4.78 is 5.25. The van der Waals surface area contributed by atoms with Crippen molar-refractivity contribution in [3.63, 3.8) is 0 Å². The Labute approximate surface area is 97.2 Å². The van der Waals surface area contributed by atoms with Gasteiger partial charge in [-0.2, -0.15) is 0 Å². The van der Waals surface area contributed by atoms with Gasteiger partial charge in [0.25, 0.3) is 5.91 Å². The predicted molar refractivity (Wildman–Crippen MR) is 58.7 cm³/mol. The van der Waals surface area contributed by atoms with Crippen molar-refractivity contribution in [3.05, 3.63) is 22.4 Å². The molecule has 0 spiro atoms. The quantitative estimate of drug-likeness (QED) is 0.543. The minimum atomic E-state index is -1.04. The van der Waals surface area contributed by atoms with Crippen molar-refractivity contribution >= 4 is 5.91 Å². The highest BCUT2D eigenvalue weighted by atomic mass is 16.5. The van der Waals surface area contributed by atoms with E-state index in [-0.39, 0.29) is 18.3 Å². The monoisotopic (exact) mass is 241 g/mol. The lowest BCUT2D eigenvalue weighted by atomic mass is 9.97. The van der Waals surface area contributed by atoms with Crippen molar-refractivity contribution in [3.8, 4) is 0 Å². The second-order valence-corrected chi connectivity index (χ2v) is 4.21. The molecule has 1 aliphatic heterocycles. The second-order valence-electron chi connectivity index (χ2n) is 4.21. The molecule has 2 atom stereocenters. The lowest BCUT2D eigenvalue weighted by Crippen LogP contribution is -2.47. The Balaban J connectivity index is 1.94. The fraction of sp³-hybridized carbons (Fsp3) is 0.600. The maximum atomic E-state index is 11.6. The van der Waals surface area contributed by atoms with E-state index in [4.69, 9.17) is 4.74 Å². The zero-order valence-electron chi connectivity index (χ0n) is 9.45. The summed E-state index contributed by atoms with van der Waals surface area (Å²) in [6.07, 6.45) is 1.46. The zero-order valence-corrected chi connectivity index (χ0v) is 9.45. The molecule has 4 N–H and O–H groups in total. The Bertz CT molecular complexity index is 466. The summed E-state index contributed by atoms with van der Waals surface area (Å²) in [4.78, 5) is 27.1. The van der Waals surface area contributed by atoms with Gasteiger partial charge >= 0.3 is 5.69 Å². The summed E-state index contributed by atoms with van der Waals surface area (Å²) in [6, 6.07) is 0. The summed E-state index contributed by atoms with van der Waals surface area (Å²) in [5.41, 5.74) is -1.33. The Morgan fingerprint density at radius 1 is 1.76 bits per heavy atom. The first-order valence-corrected chi connectivity index (χ1v) is 5.41. The lowest BCUT2D eigenvalue weighted by Gasteiger charge is -2.25. The van der Waals surface area contributed by atoms with Crippen molar-refractivity contribution in [2.24, 2.45) is 0 Å². The van der Waals surface area contributed by atoms with Gasteiger partial charge in [0.15, 0.2) is 0 Å². The van der Waals surface area contributed by atoms with E-state index in [1.54, 1.807) is 6.92 Å². The third-order valence-corrected chi connectivity index (χ3v) is 3.06. The maximum absolute atomic E-state index is 11.6. The van der Waals surface area contributed by atoms with Crippen LogP contribution in [0.4, 0.5) is 0 Å². The van der Waals surface area contributed by atoms with Crippen LogP contribution in [0, 0.1) is 0 Å². The van der Waals surface area contributed by atoms with Gasteiger partial charge in [0.05, 0.1) is 6.10 Å². The zero-order chi connectivity index (χ0) is 12.5. The molecule has 7 heteroatoms. The van der Waals surface area contributed by atoms with Crippen molar-refractivity contribution in [1.82, 2.24) is 15.3 Å². The highest BCUT2D eigenvalue weighted by molar-refractivity contribution is 5.91. The number of aromatic amines is 2. The van der Waals surface area contributed by atoms with Crippen LogP contribution < -0.4 is 11.0 Å². The van der Waals surface area contributed by atoms with Gasteiger partial charge in [0, 0.05) is 25.8 Å². The number of imidazole rings is 1. The molecule has 1 aliphatic rings. The number of rotatable bonds is 3. The molecule has 0 aliphatic carbocycles. The highest BCUT2D eigenvalue weighted by Gasteiger charge is 2.39. The first kappa shape index (κ1) is 11.9. The SMILES string of the molecule is CC1OCCC1(O)CNC(=O)c1c[nH]c(=O)[nH]1. The maximum Gasteiger partial charge on any atom is 0.323 e. The molecular formula is C10H15N3O4. The third kappa shape index (κ3) is 2.40. The van der Waals surface area contributed by atoms with Crippen LogP contribution in [0.5, 0.6) is 0 Å². The molecule has 0 bridgehead atoms. The van der Waals surface area contributed by atoms with E-state index in [2.05, 4.69) is 15.3 Å². The molecule has 1 amide bonds. The van der Waals surface area contributed by atoms with E-state index < -0.39 is 17.2 Å². The molecule has 1 aromatic heterocycles. The van der Waals surface area contributed by atoms with E-state index in [1.165, 1.54) is 6.20 Å². The molecule has 1 saturated heterocycles. The first-order valence-electron chi connectivity index (χ1n) is 5.41. The second kappa shape index (κ2) is 4.34. The Hall–Kier alpha value is -1.60. The fourth-order valence-corrected chi connectivity index (χ4v) is 1.79. The lowest BCUT2D eigenvalue weighted by molar-refractivity contribution is -0.0252. The van der Waals surface area contributed by atoms with Gasteiger partial charge in [-0.25, -0.2) is 4.79 Å². The Morgan fingerprint density at radius 3 is 3.06 bits per heavy atom. The van der Waals surface area contributed by atoms with Gasteiger partial charge in [0.1, 0.15) is 11.3 Å². The molecule has 7 nitrogen and oxygen atoms in total. The van der Waals surface area contributed by atoms with Crippen molar-refractivity contribution in [2.45, 2.75) is 25.0 Å². The smallest absolute Gasteiger partial charge is 0.323 e. The number of amides is 1. The van der Waals surface area contributed by atoms with Gasteiger partial charge < -0.3 is 25.1 Å². The van der Waals surface area contributed by atoms with Gasteiger partial charge in [-0.3, -0.25) is 4.79 Å². The number of H-pyrrole nitrogens is 2. The van der Waals surface area contributed by atoms with Crippen molar-refractivity contribution in [2.75, 3.05) is 13.2 Å². The summed E-state index contributed by atoms with van der Waals surface area (Å²) in [7, 11) is 0. The number of aliphatic hydroxyl groups is 1. The van der Waals surface area contributed by atoms with Crippen LogP contribution >= 0.6 is 0 Å². The molecule has 2 rings (SSSR count). The summed E-state index contributed by atoms with van der Waals surface area (Å²) in [5.74, 6) is -0.434. The predicted octanol–water partition coefficient (Wildman–Crippen LogP) is -1.03.